The molecule has 0 radical (unpaired) electrons. The van der Waals surface area contributed by atoms with Gasteiger partial charge in [0, 0.05) is 43.0 Å². The molecule has 146 valence electrons. The van der Waals surface area contributed by atoms with Crippen molar-refractivity contribution >= 4 is 22.8 Å². The number of rotatable bonds is 4. The molecule has 1 aromatic carbocycles. The molecule has 27 heavy (non-hydrogen) atoms. The Hall–Kier alpha value is -2.57. The number of carbonyl (C=O) groups is 1. The summed E-state index contributed by atoms with van der Waals surface area (Å²) in [6, 6.07) is 4.70. The zero-order valence-electron chi connectivity index (χ0n) is 16.3. The standard InChI is InChI=1S/C20H27FN4O2/c1-12(2)19(26)25-8-7-15(11-25)24-20(22-4)23-10-18-13(3)16-9-14(21)5-6-17(16)27-18/h5-6,9,12,15H,7-8,10-11H2,1-4H3,(H2,22,23,24). The first-order chi connectivity index (χ1) is 12.9. The molecule has 2 aromatic rings. The number of carbonyl (C=O) groups excluding carboxylic acids is 1. The van der Waals surface area contributed by atoms with Gasteiger partial charge in [-0.3, -0.25) is 9.79 Å². The molecule has 2 N–H and O–H groups in total. The number of nitrogens with one attached hydrogen (secondary N) is 2. The van der Waals surface area contributed by atoms with Crippen LogP contribution in [-0.2, 0) is 11.3 Å². The lowest BCUT2D eigenvalue weighted by atomic mass is 10.1. The van der Waals surface area contributed by atoms with Gasteiger partial charge in [-0.1, -0.05) is 13.8 Å². The normalized spacial score (nSPS) is 17.8. The lowest BCUT2D eigenvalue weighted by Gasteiger charge is -2.20. The summed E-state index contributed by atoms with van der Waals surface area (Å²) in [7, 11) is 1.71. The zero-order chi connectivity index (χ0) is 19.6. The van der Waals surface area contributed by atoms with Gasteiger partial charge < -0.3 is 20.0 Å². The van der Waals surface area contributed by atoms with Crippen molar-refractivity contribution in [3.63, 3.8) is 0 Å². The predicted molar refractivity (Wildman–Crippen MR) is 104 cm³/mol. The summed E-state index contributed by atoms with van der Waals surface area (Å²) < 4.78 is 19.3. The average molecular weight is 374 g/mol. The van der Waals surface area contributed by atoms with Crippen molar-refractivity contribution in [3.05, 3.63) is 35.3 Å². The summed E-state index contributed by atoms with van der Waals surface area (Å²) in [6.07, 6.45) is 0.891. The van der Waals surface area contributed by atoms with Gasteiger partial charge in [0.25, 0.3) is 0 Å². The van der Waals surface area contributed by atoms with E-state index in [-0.39, 0.29) is 23.7 Å². The molecule has 1 unspecified atom stereocenters. The Labute approximate surface area is 158 Å². The Morgan fingerprint density at radius 3 is 2.93 bits per heavy atom. The summed E-state index contributed by atoms with van der Waals surface area (Å²) in [5, 5.41) is 7.39. The summed E-state index contributed by atoms with van der Waals surface area (Å²) >= 11 is 0. The lowest BCUT2D eigenvalue weighted by Crippen LogP contribution is -2.45. The van der Waals surface area contributed by atoms with Gasteiger partial charge in [-0.25, -0.2) is 4.39 Å². The summed E-state index contributed by atoms with van der Waals surface area (Å²) in [5.41, 5.74) is 1.59. The molecule has 7 heteroatoms. The number of benzene rings is 1. The van der Waals surface area contributed by atoms with Gasteiger partial charge in [-0.2, -0.15) is 0 Å². The van der Waals surface area contributed by atoms with Crippen molar-refractivity contribution < 1.29 is 13.6 Å². The van der Waals surface area contributed by atoms with Gasteiger partial charge in [0.05, 0.1) is 6.54 Å². The Morgan fingerprint density at radius 2 is 2.22 bits per heavy atom. The van der Waals surface area contributed by atoms with Gasteiger partial charge in [0.15, 0.2) is 5.96 Å². The van der Waals surface area contributed by atoms with E-state index in [9.17, 15) is 9.18 Å². The number of fused-ring (bicyclic) bond motifs is 1. The fraction of sp³-hybridized carbons (Fsp3) is 0.500. The Morgan fingerprint density at radius 1 is 1.44 bits per heavy atom. The van der Waals surface area contributed by atoms with E-state index in [1.54, 1.807) is 13.1 Å². The van der Waals surface area contributed by atoms with Crippen LogP contribution in [-0.4, -0.2) is 42.9 Å². The number of furan rings is 1. The molecule has 1 aromatic heterocycles. The molecule has 6 nitrogen and oxygen atoms in total. The van der Waals surface area contributed by atoms with E-state index >= 15 is 0 Å². The van der Waals surface area contributed by atoms with Crippen molar-refractivity contribution in [1.82, 2.24) is 15.5 Å². The molecule has 0 saturated carbocycles. The SMILES string of the molecule is CN=C(NCc1oc2ccc(F)cc2c1C)NC1CCN(C(=O)C(C)C)C1. The highest BCUT2D eigenvalue weighted by Crippen LogP contribution is 2.25. The van der Waals surface area contributed by atoms with E-state index in [1.165, 1.54) is 12.1 Å². The highest BCUT2D eigenvalue weighted by molar-refractivity contribution is 5.83. The minimum absolute atomic E-state index is 0.0158. The van der Waals surface area contributed by atoms with Crippen LogP contribution in [0, 0.1) is 18.7 Å². The molecule has 2 heterocycles. The first-order valence-electron chi connectivity index (χ1n) is 9.32. The van der Waals surface area contributed by atoms with Crippen LogP contribution in [0.15, 0.2) is 27.6 Å². The highest BCUT2D eigenvalue weighted by atomic mass is 19.1. The molecular weight excluding hydrogens is 347 g/mol. The Balaban J connectivity index is 1.59. The second-order valence-corrected chi connectivity index (χ2v) is 7.29. The molecule has 0 spiro atoms. The van der Waals surface area contributed by atoms with Crippen LogP contribution in [0.1, 0.15) is 31.6 Å². The minimum Gasteiger partial charge on any atom is -0.459 e. The molecule has 1 aliphatic rings. The molecule has 1 fully saturated rings. The Kier molecular flexibility index (Phi) is 5.68. The maximum Gasteiger partial charge on any atom is 0.225 e. The topological polar surface area (TPSA) is 69.9 Å². The average Bonchev–Trinajstić information content (AvgIpc) is 3.23. The van der Waals surface area contributed by atoms with Crippen LogP contribution in [0.3, 0.4) is 0 Å². The van der Waals surface area contributed by atoms with Gasteiger partial charge >= 0.3 is 0 Å². The maximum absolute atomic E-state index is 13.4. The number of likely N-dealkylation sites (tertiary alicyclic amines) is 1. The number of aliphatic imine (C=N–C) groups is 1. The maximum atomic E-state index is 13.4. The van der Waals surface area contributed by atoms with Crippen LogP contribution < -0.4 is 10.6 Å². The number of hydrogen-bond acceptors (Lipinski definition) is 3. The smallest absolute Gasteiger partial charge is 0.225 e. The van der Waals surface area contributed by atoms with Crippen molar-refractivity contribution in [3.8, 4) is 0 Å². The Bertz CT molecular complexity index is 859. The third-order valence-electron chi connectivity index (χ3n) is 4.97. The van der Waals surface area contributed by atoms with E-state index in [2.05, 4.69) is 15.6 Å². The van der Waals surface area contributed by atoms with Crippen molar-refractivity contribution in [2.24, 2.45) is 10.9 Å². The van der Waals surface area contributed by atoms with Crippen LogP contribution in [0.5, 0.6) is 0 Å². The molecular formula is C20H27FN4O2. The third-order valence-corrected chi connectivity index (χ3v) is 4.97. The molecule has 1 aliphatic heterocycles. The molecule has 1 atom stereocenters. The molecule has 0 aliphatic carbocycles. The second-order valence-electron chi connectivity index (χ2n) is 7.29. The third kappa shape index (κ3) is 4.23. The number of nitrogens with zero attached hydrogens (tertiary/aromatic N) is 2. The van der Waals surface area contributed by atoms with E-state index in [0.29, 0.717) is 24.6 Å². The number of halogens is 1. The van der Waals surface area contributed by atoms with E-state index < -0.39 is 0 Å². The first kappa shape index (κ1) is 19.2. The number of guanidine groups is 1. The van der Waals surface area contributed by atoms with Gasteiger partial charge in [-0.05, 0) is 31.5 Å². The summed E-state index contributed by atoms with van der Waals surface area (Å²) in [4.78, 5) is 18.3. The van der Waals surface area contributed by atoms with Crippen LogP contribution in [0.4, 0.5) is 4.39 Å². The van der Waals surface area contributed by atoms with Crippen molar-refractivity contribution in [2.45, 2.75) is 39.8 Å². The second kappa shape index (κ2) is 7.98. The van der Waals surface area contributed by atoms with Crippen LogP contribution >= 0.6 is 0 Å². The zero-order valence-corrected chi connectivity index (χ0v) is 16.3. The fourth-order valence-electron chi connectivity index (χ4n) is 3.41. The number of amides is 1. The van der Waals surface area contributed by atoms with Crippen LogP contribution in [0.25, 0.3) is 11.0 Å². The monoisotopic (exact) mass is 374 g/mol. The van der Waals surface area contributed by atoms with E-state index in [0.717, 1.165) is 29.7 Å². The first-order valence-corrected chi connectivity index (χ1v) is 9.32. The quantitative estimate of drug-likeness (QED) is 0.638. The largest absolute Gasteiger partial charge is 0.459 e. The molecule has 3 rings (SSSR count). The van der Waals surface area contributed by atoms with Gasteiger partial charge in [-0.15, -0.1) is 0 Å². The van der Waals surface area contributed by atoms with Crippen molar-refractivity contribution in [2.75, 3.05) is 20.1 Å². The van der Waals surface area contributed by atoms with E-state index in [1.807, 2.05) is 25.7 Å². The highest BCUT2D eigenvalue weighted by Gasteiger charge is 2.28. The number of aryl methyl sites for hydroxylation is 1. The minimum atomic E-state index is -0.273. The predicted octanol–water partition coefficient (Wildman–Crippen LogP) is 2.80. The van der Waals surface area contributed by atoms with Crippen molar-refractivity contribution in [1.29, 1.82) is 0 Å². The van der Waals surface area contributed by atoms with Gasteiger partial charge in [0.2, 0.25) is 5.91 Å². The van der Waals surface area contributed by atoms with Gasteiger partial charge in [0.1, 0.15) is 17.2 Å². The molecule has 0 bridgehead atoms. The fourth-order valence-corrected chi connectivity index (χ4v) is 3.41. The summed E-state index contributed by atoms with van der Waals surface area (Å²) in [6.45, 7) is 7.66. The molecule has 1 saturated heterocycles. The van der Waals surface area contributed by atoms with Crippen LogP contribution in [0.2, 0.25) is 0 Å². The number of hydrogen-bond donors (Lipinski definition) is 2. The molecule has 1 amide bonds. The van der Waals surface area contributed by atoms with E-state index in [4.69, 9.17) is 4.42 Å². The lowest BCUT2D eigenvalue weighted by molar-refractivity contribution is -0.133. The summed E-state index contributed by atoms with van der Waals surface area (Å²) in [5.74, 6) is 1.34.